The van der Waals surface area contributed by atoms with Gasteiger partial charge in [-0.1, -0.05) is 41.6 Å². The smallest absolute Gasteiger partial charge is 0.241 e. The minimum Gasteiger partial charge on any atom is -0.493 e. The number of aryl methyl sites for hydroxylation is 1. The lowest BCUT2D eigenvalue weighted by molar-refractivity contribution is -0.129. The minimum absolute atomic E-state index is 0.193. The lowest BCUT2D eigenvalue weighted by Gasteiger charge is -2.19. The van der Waals surface area contributed by atoms with Crippen molar-refractivity contribution in [1.29, 1.82) is 0 Å². The van der Waals surface area contributed by atoms with Crippen LogP contribution in [-0.2, 0) is 9.59 Å². The van der Waals surface area contributed by atoms with Gasteiger partial charge in [0.25, 0.3) is 0 Å². The number of ether oxygens (including phenoxy) is 2. The highest BCUT2D eigenvalue weighted by Crippen LogP contribution is 2.39. The molecule has 0 aliphatic carbocycles. The van der Waals surface area contributed by atoms with E-state index in [2.05, 4.69) is 10.4 Å². The van der Waals surface area contributed by atoms with Crippen molar-refractivity contribution in [2.75, 3.05) is 13.2 Å². The summed E-state index contributed by atoms with van der Waals surface area (Å²) in [5.74, 6) is 1.19. The molecule has 0 saturated heterocycles. The van der Waals surface area contributed by atoms with E-state index in [1.54, 1.807) is 0 Å². The number of thioether (sulfide) groups is 1. The van der Waals surface area contributed by atoms with Crippen LogP contribution < -0.4 is 14.8 Å². The van der Waals surface area contributed by atoms with Crippen LogP contribution in [0.4, 0.5) is 0 Å². The third-order valence-corrected chi connectivity index (χ3v) is 5.36. The van der Waals surface area contributed by atoms with Crippen LogP contribution in [0.15, 0.2) is 53.6 Å². The number of amidine groups is 1. The molecule has 30 heavy (non-hydrogen) atoms. The number of hydrogen-bond donors (Lipinski definition) is 1. The average Bonchev–Trinajstić information content (AvgIpc) is 3.13. The number of carbonyl (C=O) groups is 2. The summed E-state index contributed by atoms with van der Waals surface area (Å²) in [6.45, 7) is 6.02. The van der Waals surface area contributed by atoms with Gasteiger partial charge in [-0.15, -0.1) is 5.10 Å². The Morgan fingerprint density at radius 3 is 2.10 bits per heavy atom. The van der Waals surface area contributed by atoms with Crippen molar-refractivity contribution in [3.63, 3.8) is 0 Å². The van der Waals surface area contributed by atoms with Gasteiger partial charge >= 0.3 is 0 Å². The van der Waals surface area contributed by atoms with Crippen molar-refractivity contribution in [3.8, 4) is 11.5 Å². The van der Waals surface area contributed by atoms with E-state index in [0.29, 0.717) is 18.4 Å². The lowest BCUT2D eigenvalue weighted by atomic mass is 10.2. The van der Waals surface area contributed by atoms with Crippen LogP contribution >= 0.6 is 11.8 Å². The van der Waals surface area contributed by atoms with Crippen LogP contribution in [0, 0.1) is 6.92 Å². The molecule has 1 aliphatic rings. The van der Waals surface area contributed by atoms with Crippen LogP contribution in [-0.4, -0.2) is 35.2 Å². The molecule has 8 heteroatoms. The predicted octanol–water partition coefficient (Wildman–Crippen LogP) is 3.84. The molecule has 0 bridgehead atoms. The summed E-state index contributed by atoms with van der Waals surface area (Å²) in [6, 6.07) is 15.5. The Morgan fingerprint density at radius 2 is 1.57 bits per heavy atom. The van der Waals surface area contributed by atoms with Crippen LogP contribution in [0.3, 0.4) is 0 Å². The monoisotopic (exact) mass is 427 g/mol. The number of benzene rings is 2. The Morgan fingerprint density at radius 1 is 1.00 bits per heavy atom. The number of hydrogen-bond acceptors (Lipinski definition) is 6. The van der Waals surface area contributed by atoms with Crippen LogP contribution in [0.2, 0.25) is 0 Å². The Kier molecular flexibility index (Phi) is 7.35. The molecule has 0 saturated carbocycles. The van der Waals surface area contributed by atoms with Gasteiger partial charge in [-0.2, -0.15) is 0 Å². The third kappa shape index (κ3) is 6.00. The first-order valence-electron chi connectivity index (χ1n) is 9.67. The number of nitrogens with zero attached hydrogens (tertiary/aromatic N) is 2. The van der Waals surface area contributed by atoms with E-state index >= 15 is 0 Å². The van der Waals surface area contributed by atoms with E-state index in [9.17, 15) is 9.59 Å². The number of rotatable bonds is 7. The van der Waals surface area contributed by atoms with Crippen molar-refractivity contribution in [1.82, 2.24) is 10.3 Å². The van der Waals surface area contributed by atoms with Crippen molar-refractivity contribution in [2.24, 2.45) is 5.10 Å². The van der Waals surface area contributed by atoms with Crippen molar-refractivity contribution in [2.45, 2.75) is 32.6 Å². The van der Waals surface area contributed by atoms with Crippen molar-refractivity contribution >= 4 is 28.7 Å². The van der Waals surface area contributed by atoms with Gasteiger partial charge in [0.2, 0.25) is 11.8 Å². The molecule has 158 valence electrons. The van der Waals surface area contributed by atoms with Crippen LogP contribution in [0.5, 0.6) is 11.5 Å². The quantitative estimate of drug-likeness (QED) is 0.679. The average molecular weight is 428 g/mol. The van der Waals surface area contributed by atoms with Crippen molar-refractivity contribution in [3.05, 3.63) is 59.7 Å². The first-order chi connectivity index (χ1) is 14.4. The fraction of sp³-hybridized carbons (Fsp3) is 0.318. The molecule has 7 nitrogen and oxygen atoms in total. The van der Waals surface area contributed by atoms with Gasteiger partial charge in [0, 0.05) is 20.3 Å². The predicted molar refractivity (Wildman–Crippen MR) is 117 cm³/mol. The SMILES string of the molecule is CC(=O)NC1=NN(C(C)=O)[C@H](c2ccc(OCCCOc3ccc(C)cc3)cc2)S1. The summed E-state index contributed by atoms with van der Waals surface area (Å²) >= 11 is 1.32. The van der Waals surface area contributed by atoms with E-state index in [1.807, 2.05) is 55.5 Å². The fourth-order valence-electron chi connectivity index (χ4n) is 2.78. The first-order valence-corrected chi connectivity index (χ1v) is 10.6. The Balaban J connectivity index is 1.48. The number of amides is 2. The van der Waals surface area contributed by atoms with Gasteiger partial charge in [-0.3, -0.25) is 9.59 Å². The molecular formula is C22H25N3O4S. The van der Waals surface area contributed by atoms with Gasteiger partial charge in [0.05, 0.1) is 13.2 Å². The number of nitrogens with one attached hydrogen (secondary N) is 1. The summed E-state index contributed by atoms with van der Waals surface area (Å²) in [5.41, 5.74) is 2.10. The van der Waals surface area contributed by atoms with Gasteiger partial charge in [-0.05, 0) is 36.8 Å². The normalized spacial score (nSPS) is 15.5. The Hall–Kier alpha value is -3.00. The first kappa shape index (κ1) is 21.7. The topological polar surface area (TPSA) is 80.2 Å². The summed E-state index contributed by atoms with van der Waals surface area (Å²) in [7, 11) is 0. The molecule has 1 N–H and O–H groups in total. The van der Waals surface area contributed by atoms with E-state index < -0.39 is 0 Å². The van der Waals surface area contributed by atoms with Crippen LogP contribution in [0.1, 0.15) is 36.8 Å². The molecule has 1 aliphatic heterocycles. The van der Waals surface area contributed by atoms with E-state index in [1.165, 1.54) is 36.2 Å². The van der Waals surface area contributed by atoms with Gasteiger partial charge in [0.15, 0.2) is 5.17 Å². The standard InChI is InChI=1S/C22H25N3O4S/c1-15-5-9-19(10-6-15)28-13-4-14-29-20-11-7-18(8-12-20)21-25(17(3)27)24-22(30-21)23-16(2)26/h5-12,21H,4,13-14H2,1-3H3,(H,23,24,26)/t21-/m0/s1. The maximum absolute atomic E-state index is 11.9. The Bertz CT molecular complexity index is 913. The minimum atomic E-state index is -0.318. The zero-order valence-electron chi connectivity index (χ0n) is 17.3. The molecule has 0 radical (unpaired) electrons. The summed E-state index contributed by atoms with van der Waals surface area (Å²) in [5, 5.41) is 8.29. The number of hydrazone groups is 1. The summed E-state index contributed by atoms with van der Waals surface area (Å²) < 4.78 is 11.5. The highest BCUT2D eigenvalue weighted by atomic mass is 32.2. The maximum Gasteiger partial charge on any atom is 0.241 e. The zero-order chi connectivity index (χ0) is 21.5. The van der Waals surface area contributed by atoms with Gasteiger partial charge in [-0.25, -0.2) is 5.01 Å². The lowest BCUT2D eigenvalue weighted by Crippen LogP contribution is -2.25. The molecule has 3 rings (SSSR count). The molecular weight excluding hydrogens is 402 g/mol. The molecule has 0 spiro atoms. The molecule has 2 amide bonds. The van der Waals surface area contributed by atoms with E-state index in [4.69, 9.17) is 9.47 Å². The highest BCUT2D eigenvalue weighted by Gasteiger charge is 2.32. The summed E-state index contributed by atoms with van der Waals surface area (Å²) in [6.07, 6.45) is 0.764. The zero-order valence-corrected chi connectivity index (χ0v) is 18.1. The van der Waals surface area contributed by atoms with Gasteiger partial charge in [0.1, 0.15) is 16.9 Å². The molecule has 1 atom stereocenters. The molecule has 0 fully saturated rings. The molecule has 2 aromatic carbocycles. The third-order valence-electron chi connectivity index (χ3n) is 4.26. The maximum atomic E-state index is 11.9. The number of carbonyl (C=O) groups excluding carboxylic acids is 2. The van der Waals surface area contributed by atoms with E-state index in [0.717, 1.165) is 23.5 Å². The van der Waals surface area contributed by atoms with Crippen molar-refractivity contribution < 1.29 is 19.1 Å². The second-order valence-corrected chi connectivity index (χ2v) is 7.92. The fourth-order valence-corrected chi connectivity index (χ4v) is 3.92. The molecule has 0 unspecified atom stereocenters. The second kappa shape index (κ2) is 10.2. The Labute approximate surface area is 180 Å². The van der Waals surface area contributed by atoms with Gasteiger partial charge < -0.3 is 14.8 Å². The molecule has 2 aromatic rings. The summed E-state index contributed by atoms with van der Waals surface area (Å²) in [4.78, 5) is 23.2. The second-order valence-electron chi connectivity index (χ2n) is 6.85. The highest BCUT2D eigenvalue weighted by molar-refractivity contribution is 8.14. The van der Waals surface area contributed by atoms with E-state index in [-0.39, 0.29) is 17.2 Å². The van der Waals surface area contributed by atoms with Crippen LogP contribution in [0.25, 0.3) is 0 Å². The molecule has 1 heterocycles. The molecule has 0 aromatic heterocycles. The largest absolute Gasteiger partial charge is 0.493 e.